The SMILES string of the molecule is C#Cc1cccc2cc(O)cc(-c3nc4c5c(nc(OCC6(CN7CCC(F)C7)CC6)nc5c3F)N3CC5CCC(N5)C3CO4)c12. The third-order valence-corrected chi connectivity index (χ3v) is 10.5. The molecule has 4 aliphatic heterocycles. The summed E-state index contributed by atoms with van der Waals surface area (Å²) in [6.45, 7) is 3.38. The van der Waals surface area contributed by atoms with Crippen LogP contribution in [0.2, 0.25) is 0 Å². The smallest absolute Gasteiger partial charge is 0.319 e. The molecule has 9 nitrogen and oxygen atoms in total. The minimum absolute atomic E-state index is 0.0188. The Morgan fingerprint density at radius 1 is 1.13 bits per heavy atom. The fourth-order valence-electron chi connectivity index (χ4n) is 8.03. The Morgan fingerprint density at radius 2 is 2.02 bits per heavy atom. The van der Waals surface area contributed by atoms with E-state index in [1.165, 1.54) is 6.07 Å². The van der Waals surface area contributed by atoms with Crippen LogP contribution in [0.1, 0.15) is 37.7 Å². The predicted octanol–water partition coefficient (Wildman–Crippen LogP) is 4.58. The number of alkyl halides is 1. The van der Waals surface area contributed by atoms with Crippen molar-refractivity contribution in [2.75, 3.05) is 44.3 Å². The summed E-state index contributed by atoms with van der Waals surface area (Å²) in [5.41, 5.74) is 0.844. The summed E-state index contributed by atoms with van der Waals surface area (Å²) in [4.78, 5) is 18.7. The largest absolute Gasteiger partial charge is 0.508 e. The lowest BCUT2D eigenvalue weighted by molar-refractivity contribution is 0.165. The van der Waals surface area contributed by atoms with E-state index in [1.807, 2.05) is 6.07 Å². The molecule has 6 heterocycles. The zero-order valence-corrected chi connectivity index (χ0v) is 25.3. The number of aromatic hydroxyl groups is 1. The van der Waals surface area contributed by atoms with Gasteiger partial charge >= 0.3 is 6.01 Å². The summed E-state index contributed by atoms with van der Waals surface area (Å²) < 4.78 is 43.6. The minimum atomic E-state index is -0.776. The van der Waals surface area contributed by atoms with Crippen LogP contribution < -0.4 is 19.7 Å². The van der Waals surface area contributed by atoms with E-state index in [4.69, 9.17) is 25.9 Å². The summed E-state index contributed by atoms with van der Waals surface area (Å²) in [5, 5.41) is 16.0. The molecule has 9 rings (SSSR count). The standard InChI is InChI=1S/C35H34F2N6O3/c1-2-19-4-3-5-20-12-23(44)13-24(27(19)20)30-29(37)31-28-32(43-15-22-6-7-25(38-22)26(43)16-45-33(28)39-30)41-34(40-31)46-18-35(9-10-35)17-42-11-8-21(36)14-42/h1,3-5,12-13,21-22,25-26,38,44H,6-11,14-18H2. The second-order valence-corrected chi connectivity index (χ2v) is 13.7. The van der Waals surface area contributed by atoms with Crippen molar-refractivity contribution < 1.29 is 23.4 Å². The molecule has 2 aromatic heterocycles. The number of nitrogens with one attached hydrogen (secondary N) is 1. The highest BCUT2D eigenvalue weighted by Crippen LogP contribution is 2.48. The van der Waals surface area contributed by atoms with E-state index in [1.54, 1.807) is 18.2 Å². The van der Waals surface area contributed by atoms with Crippen LogP contribution in [0.3, 0.4) is 0 Å². The van der Waals surface area contributed by atoms with Crippen LogP contribution in [0.4, 0.5) is 14.6 Å². The highest BCUT2D eigenvalue weighted by atomic mass is 19.1. The number of nitrogens with zero attached hydrogens (tertiary/aromatic N) is 5. The number of phenols is 1. The van der Waals surface area contributed by atoms with Gasteiger partial charge in [-0.1, -0.05) is 18.1 Å². The number of benzene rings is 2. The van der Waals surface area contributed by atoms with E-state index in [2.05, 4.69) is 26.0 Å². The maximum Gasteiger partial charge on any atom is 0.319 e. The van der Waals surface area contributed by atoms with Gasteiger partial charge in [0.25, 0.3) is 0 Å². The first kappa shape index (κ1) is 28.0. The van der Waals surface area contributed by atoms with Crippen molar-refractivity contribution >= 4 is 27.5 Å². The Hall–Kier alpha value is -4.27. The van der Waals surface area contributed by atoms with Crippen LogP contribution in [-0.2, 0) is 0 Å². The fraction of sp³-hybridized carbons (Fsp3) is 0.457. The maximum absolute atomic E-state index is 17.0. The molecule has 46 heavy (non-hydrogen) atoms. The van der Waals surface area contributed by atoms with Gasteiger partial charge in [-0.3, -0.25) is 4.90 Å². The molecule has 0 amide bonds. The van der Waals surface area contributed by atoms with Gasteiger partial charge in [0.1, 0.15) is 40.9 Å². The second kappa shape index (κ2) is 10.4. The highest BCUT2D eigenvalue weighted by molar-refractivity contribution is 6.04. The Bertz CT molecular complexity index is 1940. The molecule has 0 radical (unpaired) electrons. The summed E-state index contributed by atoms with van der Waals surface area (Å²) in [7, 11) is 0. The van der Waals surface area contributed by atoms with Crippen LogP contribution >= 0.6 is 0 Å². The number of aromatic nitrogens is 3. The fourth-order valence-corrected chi connectivity index (χ4v) is 8.03. The zero-order valence-electron chi connectivity index (χ0n) is 25.3. The number of phenolic OH excluding ortho intramolecular Hbond substituents is 1. The lowest BCUT2D eigenvalue weighted by Gasteiger charge is -2.40. The normalized spacial score (nSPS) is 26.1. The molecule has 3 saturated heterocycles. The molecule has 2 bridgehead atoms. The van der Waals surface area contributed by atoms with Gasteiger partial charge in [-0.2, -0.15) is 9.97 Å². The Labute approximate surface area is 264 Å². The van der Waals surface area contributed by atoms with Crippen molar-refractivity contribution in [3.8, 4) is 41.2 Å². The Morgan fingerprint density at radius 3 is 2.83 bits per heavy atom. The quantitative estimate of drug-likeness (QED) is 0.299. The number of rotatable bonds is 6. The molecule has 0 spiro atoms. The summed E-state index contributed by atoms with van der Waals surface area (Å²) in [6.07, 6.45) is 9.68. The van der Waals surface area contributed by atoms with E-state index < -0.39 is 12.0 Å². The van der Waals surface area contributed by atoms with Gasteiger partial charge in [-0.25, -0.2) is 13.8 Å². The van der Waals surface area contributed by atoms with Gasteiger partial charge in [0.2, 0.25) is 5.88 Å². The van der Waals surface area contributed by atoms with Gasteiger partial charge in [-0.05, 0) is 55.7 Å². The van der Waals surface area contributed by atoms with Crippen molar-refractivity contribution in [3.63, 3.8) is 0 Å². The van der Waals surface area contributed by atoms with E-state index in [-0.39, 0.29) is 46.3 Å². The van der Waals surface area contributed by atoms with Crippen LogP contribution in [0.15, 0.2) is 30.3 Å². The topological polar surface area (TPSA) is 95.9 Å². The molecule has 4 aromatic rings. The number of hydrogen-bond acceptors (Lipinski definition) is 9. The lowest BCUT2D eigenvalue weighted by Crippen LogP contribution is -2.60. The average Bonchev–Trinajstić information content (AvgIpc) is 3.58. The number of fused-ring (bicyclic) bond motifs is 6. The molecule has 11 heteroatoms. The first-order chi connectivity index (χ1) is 22.4. The number of hydrogen-bond donors (Lipinski definition) is 2. The number of halogens is 2. The number of anilines is 1. The molecular weight excluding hydrogens is 590 g/mol. The van der Waals surface area contributed by atoms with Gasteiger partial charge in [0.05, 0.1) is 12.6 Å². The van der Waals surface area contributed by atoms with Crippen LogP contribution in [-0.4, -0.2) is 88.6 Å². The predicted molar refractivity (Wildman–Crippen MR) is 170 cm³/mol. The van der Waals surface area contributed by atoms with E-state index in [9.17, 15) is 9.50 Å². The third kappa shape index (κ3) is 4.53. The molecule has 2 aromatic carbocycles. The molecule has 1 aliphatic carbocycles. The number of terminal acetylenes is 1. The van der Waals surface area contributed by atoms with Gasteiger partial charge in [0, 0.05) is 60.2 Å². The lowest BCUT2D eigenvalue weighted by atomic mass is 9.96. The molecular formula is C35H34F2N6O3. The van der Waals surface area contributed by atoms with Crippen LogP contribution in [0, 0.1) is 23.6 Å². The molecule has 1 saturated carbocycles. The Balaban J connectivity index is 1.19. The van der Waals surface area contributed by atoms with Crippen molar-refractivity contribution in [2.24, 2.45) is 5.41 Å². The first-order valence-electron chi connectivity index (χ1n) is 16.2. The number of ether oxygens (including phenoxy) is 2. The monoisotopic (exact) mass is 624 g/mol. The Kier molecular flexibility index (Phi) is 6.31. The van der Waals surface area contributed by atoms with Gasteiger partial charge < -0.3 is 24.8 Å². The van der Waals surface area contributed by atoms with Crippen LogP contribution in [0.25, 0.3) is 32.9 Å². The van der Waals surface area contributed by atoms with Crippen molar-refractivity contribution in [1.29, 1.82) is 0 Å². The molecule has 236 valence electrons. The number of piperazine rings is 1. The van der Waals surface area contributed by atoms with Crippen LogP contribution in [0.5, 0.6) is 17.6 Å². The van der Waals surface area contributed by atoms with Gasteiger partial charge in [-0.15, -0.1) is 6.42 Å². The highest BCUT2D eigenvalue weighted by Gasteiger charge is 2.47. The van der Waals surface area contributed by atoms with Crippen molar-refractivity contribution in [2.45, 2.75) is 56.4 Å². The van der Waals surface area contributed by atoms with Crippen molar-refractivity contribution in [3.05, 3.63) is 41.7 Å². The second-order valence-electron chi connectivity index (χ2n) is 13.7. The molecule has 5 aliphatic rings. The summed E-state index contributed by atoms with van der Waals surface area (Å²) >= 11 is 0. The maximum atomic E-state index is 17.0. The van der Waals surface area contributed by atoms with Gasteiger partial charge in [0.15, 0.2) is 5.82 Å². The molecule has 4 atom stereocenters. The number of pyridine rings is 1. The van der Waals surface area contributed by atoms with Crippen molar-refractivity contribution in [1.82, 2.24) is 25.2 Å². The minimum Gasteiger partial charge on any atom is -0.508 e. The van der Waals surface area contributed by atoms with E-state index in [0.717, 1.165) is 38.8 Å². The van der Waals surface area contributed by atoms with E-state index in [0.29, 0.717) is 71.9 Å². The molecule has 4 unspecified atom stereocenters. The summed E-state index contributed by atoms with van der Waals surface area (Å²) in [5.74, 6) is 2.78. The average molecular weight is 625 g/mol. The third-order valence-electron chi connectivity index (χ3n) is 10.5. The summed E-state index contributed by atoms with van der Waals surface area (Å²) in [6, 6.07) is 9.04. The molecule has 2 N–H and O–H groups in total. The van der Waals surface area contributed by atoms with E-state index >= 15 is 4.39 Å². The number of likely N-dealkylation sites (tertiary alicyclic amines) is 1. The zero-order chi connectivity index (χ0) is 31.2. The first-order valence-corrected chi connectivity index (χ1v) is 16.2. The molecule has 4 fully saturated rings.